The highest BCUT2D eigenvalue weighted by atomic mass is 79.9. The lowest BCUT2D eigenvalue weighted by Gasteiger charge is -2.12. The summed E-state index contributed by atoms with van der Waals surface area (Å²) in [7, 11) is 0. The van der Waals surface area contributed by atoms with Crippen LogP contribution < -0.4 is 0 Å². The number of benzene rings is 1. The number of hydrogen-bond donors (Lipinski definition) is 0. The highest BCUT2D eigenvalue weighted by Crippen LogP contribution is 2.13. The van der Waals surface area contributed by atoms with Gasteiger partial charge in [-0.3, -0.25) is 9.79 Å². The van der Waals surface area contributed by atoms with Crippen LogP contribution in [-0.2, 0) is 0 Å². The van der Waals surface area contributed by atoms with Gasteiger partial charge in [-0.1, -0.05) is 15.9 Å². The summed E-state index contributed by atoms with van der Waals surface area (Å²) >= 11 is 3.29. The fourth-order valence-electron chi connectivity index (χ4n) is 1.20. The van der Waals surface area contributed by atoms with Crippen molar-refractivity contribution in [3.8, 4) is 6.07 Å². The molecule has 0 fully saturated rings. The van der Waals surface area contributed by atoms with Crippen LogP contribution in [0.1, 0.15) is 31.1 Å². The Bertz CT molecular complexity index is 490. The number of nitrogens with zero attached hydrogens (tertiary/aromatic N) is 2. The Balaban J connectivity index is 3.08. The zero-order valence-electron chi connectivity index (χ0n) is 9.99. The van der Waals surface area contributed by atoms with Crippen LogP contribution in [0.5, 0.6) is 0 Å². The molecular weight excluding hydrogens is 280 g/mol. The molecule has 0 aliphatic rings. The van der Waals surface area contributed by atoms with Gasteiger partial charge in [-0.15, -0.1) is 0 Å². The van der Waals surface area contributed by atoms with E-state index in [0.29, 0.717) is 5.56 Å². The van der Waals surface area contributed by atoms with Crippen LogP contribution in [0, 0.1) is 11.3 Å². The molecule has 0 spiro atoms. The molecule has 0 atom stereocenters. The van der Waals surface area contributed by atoms with Gasteiger partial charge in [-0.05, 0) is 45.0 Å². The Morgan fingerprint density at radius 3 is 2.24 bits per heavy atom. The third-order valence-corrected chi connectivity index (χ3v) is 2.40. The van der Waals surface area contributed by atoms with Crippen molar-refractivity contribution in [3.63, 3.8) is 0 Å². The molecule has 0 N–H and O–H groups in total. The van der Waals surface area contributed by atoms with E-state index in [1.54, 1.807) is 24.3 Å². The Kier molecular flexibility index (Phi) is 4.19. The predicted molar refractivity (Wildman–Crippen MR) is 71.3 cm³/mol. The lowest BCUT2D eigenvalue weighted by molar-refractivity contribution is 0.106. The molecule has 0 aromatic heterocycles. The van der Waals surface area contributed by atoms with Gasteiger partial charge in [0.05, 0.1) is 5.54 Å². The van der Waals surface area contributed by atoms with E-state index in [9.17, 15) is 4.79 Å². The first-order chi connectivity index (χ1) is 7.83. The minimum atomic E-state index is -0.434. The van der Waals surface area contributed by atoms with E-state index in [1.165, 1.54) is 0 Å². The summed E-state index contributed by atoms with van der Waals surface area (Å²) in [5.74, 6) is -0.338. The molecule has 0 amide bonds. The zero-order chi connectivity index (χ0) is 13.1. The minimum absolute atomic E-state index is 0.0557. The second kappa shape index (κ2) is 5.24. The first-order valence-electron chi connectivity index (χ1n) is 5.14. The monoisotopic (exact) mass is 292 g/mol. The second-order valence-electron chi connectivity index (χ2n) is 4.58. The van der Waals surface area contributed by atoms with E-state index in [1.807, 2.05) is 26.8 Å². The maximum atomic E-state index is 12.0. The van der Waals surface area contributed by atoms with Crippen molar-refractivity contribution < 1.29 is 4.79 Å². The van der Waals surface area contributed by atoms with Crippen LogP contribution in [0.15, 0.2) is 33.7 Å². The van der Waals surface area contributed by atoms with E-state index in [2.05, 4.69) is 20.9 Å². The molecule has 0 saturated heterocycles. The number of carbonyl (C=O) groups is 1. The van der Waals surface area contributed by atoms with Gasteiger partial charge in [-0.25, -0.2) is 0 Å². The molecular formula is C13H13BrN2O. The summed E-state index contributed by atoms with van der Waals surface area (Å²) in [6.45, 7) is 5.54. The van der Waals surface area contributed by atoms with E-state index in [4.69, 9.17) is 5.26 Å². The lowest BCUT2D eigenvalue weighted by atomic mass is 10.1. The number of rotatable bonds is 2. The molecule has 1 rings (SSSR count). The molecule has 1 aromatic carbocycles. The Labute approximate surface area is 109 Å². The Morgan fingerprint density at radius 1 is 1.29 bits per heavy atom. The van der Waals surface area contributed by atoms with Crippen molar-refractivity contribution in [1.82, 2.24) is 0 Å². The molecule has 3 nitrogen and oxygen atoms in total. The first kappa shape index (κ1) is 13.6. The molecule has 4 heteroatoms. The predicted octanol–water partition coefficient (Wildman–Crippen LogP) is 3.39. The fraction of sp³-hybridized carbons (Fsp3) is 0.308. The first-order valence-corrected chi connectivity index (χ1v) is 5.93. The highest BCUT2D eigenvalue weighted by molar-refractivity contribution is 9.10. The van der Waals surface area contributed by atoms with Gasteiger partial charge < -0.3 is 0 Å². The van der Waals surface area contributed by atoms with Crippen LogP contribution in [0.2, 0.25) is 0 Å². The number of halogens is 1. The topological polar surface area (TPSA) is 53.2 Å². The quantitative estimate of drug-likeness (QED) is 0.620. The number of hydrogen-bond acceptors (Lipinski definition) is 3. The van der Waals surface area contributed by atoms with Crippen LogP contribution in [0.3, 0.4) is 0 Å². The summed E-state index contributed by atoms with van der Waals surface area (Å²) in [6, 6.07) is 8.72. The maximum absolute atomic E-state index is 12.0. The second-order valence-corrected chi connectivity index (χ2v) is 5.49. The van der Waals surface area contributed by atoms with Crippen LogP contribution >= 0.6 is 15.9 Å². The Hall–Kier alpha value is -1.47. The van der Waals surface area contributed by atoms with Gasteiger partial charge >= 0.3 is 0 Å². The highest BCUT2D eigenvalue weighted by Gasteiger charge is 2.17. The minimum Gasteiger partial charge on any atom is -0.286 e. The van der Waals surface area contributed by atoms with E-state index < -0.39 is 5.54 Å². The van der Waals surface area contributed by atoms with Crippen LogP contribution in [-0.4, -0.2) is 17.0 Å². The van der Waals surface area contributed by atoms with Crippen molar-refractivity contribution in [2.24, 2.45) is 4.99 Å². The smallest absolute Gasteiger partial charge is 0.221 e. The molecule has 0 bridgehead atoms. The third kappa shape index (κ3) is 4.12. The summed E-state index contributed by atoms with van der Waals surface area (Å²) in [4.78, 5) is 16.1. The standard InChI is InChI=1S/C13H13BrN2O/c1-13(2,3)16-11(8-15)12(17)9-4-6-10(14)7-5-9/h4-7H,1-3H3. The van der Waals surface area contributed by atoms with E-state index >= 15 is 0 Å². The van der Waals surface area contributed by atoms with Gasteiger partial charge in [0, 0.05) is 10.0 Å². The molecule has 0 unspecified atom stereocenters. The van der Waals surface area contributed by atoms with Crippen molar-refractivity contribution in [2.75, 3.05) is 0 Å². The zero-order valence-corrected chi connectivity index (χ0v) is 11.6. The lowest BCUT2D eigenvalue weighted by Crippen LogP contribution is -2.19. The summed E-state index contributed by atoms with van der Waals surface area (Å²) in [6.07, 6.45) is 0. The van der Waals surface area contributed by atoms with Gasteiger partial charge in [0.25, 0.3) is 0 Å². The van der Waals surface area contributed by atoms with Gasteiger partial charge in [0.15, 0.2) is 5.71 Å². The van der Waals surface area contributed by atoms with Gasteiger partial charge in [-0.2, -0.15) is 5.26 Å². The maximum Gasteiger partial charge on any atom is 0.221 e. The van der Waals surface area contributed by atoms with Crippen molar-refractivity contribution in [2.45, 2.75) is 26.3 Å². The normalized spacial score (nSPS) is 12.1. The van der Waals surface area contributed by atoms with Gasteiger partial charge in [0.2, 0.25) is 5.78 Å². The van der Waals surface area contributed by atoms with Crippen molar-refractivity contribution in [1.29, 1.82) is 5.26 Å². The number of aliphatic imine (C=N–C) groups is 1. The summed E-state index contributed by atoms with van der Waals surface area (Å²) in [5, 5.41) is 8.96. The molecule has 0 radical (unpaired) electrons. The molecule has 17 heavy (non-hydrogen) atoms. The molecule has 1 aromatic rings. The third-order valence-electron chi connectivity index (χ3n) is 1.87. The number of carbonyl (C=O) groups excluding carboxylic acids is 1. The van der Waals surface area contributed by atoms with Crippen molar-refractivity contribution >= 4 is 27.4 Å². The average molecular weight is 293 g/mol. The fourth-order valence-corrected chi connectivity index (χ4v) is 1.46. The van der Waals surface area contributed by atoms with Gasteiger partial charge in [0.1, 0.15) is 6.07 Å². The Morgan fingerprint density at radius 2 is 1.82 bits per heavy atom. The molecule has 0 saturated carbocycles. The SMILES string of the molecule is CC(C)(C)N=C(C#N)C(=O)c1ccc(Br)cc1. The number of nitriles is 1. The number of Topliss-reactive ketones (excluding diaryl/α,β-unsaturated/α-hetero) is 1. The van der Waals surface area contributed by atoms with Crippen molar-refractivity contribution in [3.05, 3.63) is 34.3 Å². The summed E-state index contributed by atoms with van der Waals surface area (Å²) in [5.41, 5.74) is -0.0200. The molecule has 88 valence electrons. The molecule has 0 aliphatic carbocycles. The van der Waals surface area contributed by atoms with E-state index in [0.717, 1.165) is 4.47 Å². The molecule has 0 aliphatic heterocycles. The van der Waals surface area contributed by atoms with Crippen LogP contribution in [0.25, 0.3) is 0 Å². The number of ketones is 1. The largest absolute Gasteiger partial charge is 0.286 e. The van der Waals surface area contributed by atoms with E-state index in [-0.39, 0.29) is 11.5 Å². The molecule has 0 heterocycles. The average Bonchev–Trinajstić information content (AvgIpc) is 2.25. The van der Waals surface area contributed by atoms with Crippen LogP contribution in [0.4, 0.5) is 0 Å². The summed E-state index contributed by atoms with van der Waals surface area (Å²) < 4.78 is 0.889.